The lowest BCUT2D eigenvalue weighted by molar-refractivity contribution is -0.134. The summed E-state index contributed by atoms with van der Waals surface area (Å²) in [5.41, 5.74) is 3.88. The molecule has 0 aliphatic carbocycles. The molecule has 0 N–H and O–H groups in total. The number of carbonyl (C=O) groups is 2. The van der Waals surface area contributed by atoms with Gasteiger partial charge in [0.1, 0.15) is 6.04 Å². The molecule has 5 nitrogen and oxygen atoms in total. The van der Waals surface area contributed by atoms with E-state index in [1.807, 2.05) is 55.3 Å². The molecule has 2 aromatic carbocycles. The predicted molar refractivity (Wildman–Crippen MR) is 113 cm³/mol. The third-order valence-electron chi connectivity index (χ3n) is 6.41. The maximum Gasteiger partial charge on any atom is 0.255 e. The van der Waals surface area contributed by atoms with Gasteiger partial charge in [-0.25, -0.2) is 0 Å². The number of carbonyl (C=O) groups excluding carboxylic acids is 2. The number of likely N-dealkylation sites (tertiary alicyclic amines) is 1. The third-order valence-corrected chi connectivity index (χ3v) is 6.41. The predicted octanol–water partition coefficient (Wildman–Crippen LogP) is 3.73. The molecule has 0 unspecified atom stereocenters. The monoisotopic (exact) mass is 387 g/mol. The van der Waals surface area contributed by atoms with Crippen LogP contribution in [0.5, 0.6) is 0 Å². The van der Waals surface area contributed by atoms with Gasteiger partial charge in [-0.05, 0) is 37.5 Å². The van der Waals surface area contributed by atoms with Gasteiger partial charge in [0.2, 0.25) is 5.91 Å². The molecule has 5 rings (SSSR count). The molecule has 2 atom stereocenters. The SMILES string of the molecule is C[C@H](C(=O)N1CCCC1)N1C(=O)c2ccccc2[C@H]1c1cn(C)c2ccccc12. The minimum atomic E-state index is -0.503. The molecule has 2 amide bonds. The molecule has 0 bridgehead atoms. The fourth-order valence-corrected chi connectivity index (χ4v) is 4.96. The average molecular weight is 387 g/mol. The zero-order chi connectivity index (χ0) is 20.1. The van der Waals surface area contributed by atoms with Gasteiger partial charge in [0, 0.05) is 48.4 Å². The molecule has 148 valence electrons. The van der Waals surface area contributed by atoms with Crippen LogP contribution < -0.4 is 0 Å². The molecule has 0 saturated carbocycles. The van der Waals surface area contributed by atoms with Crippen molar-refractivity contribution in [2.45, 2.75) is 31.8 Å². The van der Waals surface area contributed by atoms with E-state index in [1.165, 1.54) is 0 Å². The van der Waals surface area contributed by atoms with Crippen LogP contribution in [0.2, 0.25) is 0 Å². The highest BCUT2D eigenvalue weighted by atomic mass is 16.2. The van der Waals surface area contributed by atoms with Gasteiger partial charge in [-0.3, -0.25) is 9.59 Å². The first-order chi connectivity index (χ1) is 14.1. The molecule has 3 aromatic rings. The molecule has 1 saturated heterocycles. The molecule has 2 aliphatic heterocycles. The Kier molecular flexibility index (Phi) is 4.19. The maximum absolute atomic E-state index is 13.4. The van der Waals surface area contributed by atoms with Gasteiger partial charge in [-0.15, -0.1) is 0 Å². The number of hydrogen-bond acceptors (Lipinski definition) is 2. The fraction of sp³-hybridized carbons (Fsp3) is 0.333. The van der Waals surface area contributed by atoms with Crippen LogP contribution in [0.3, 0.4) is 0 Å². The van der Waals surface area contributed by atoms with Crippen molar-refractivity contribution in [1.82, 2.24) is 14.4 Å². The quantitative estimate of drug-likeness (QED) is 0.687. The molecule has 0 radical (unpaired) electrons. The Morgan fingerprint density at radius 1 is 1.00 bits per heavy atom. The summed E-state index contributed by atoms with van der Waals surface area (Å²) in [5, 5.41) is 1.12. The topological polar surface area (TPSA) is 45.6 Å². The second kappa shape index (κ2) is 6.76. The highest BCUT2D eigenvalue weighted by Gasteiger charge is 2.44. The minimum absolute atomic E-state index is 0.0499. The number of fused-ring (bicyclic) bond motifs is 2. The first-order valence-corrected chi connectivity index (χ1v) is 10.3. The van der Waals surface area contributed by atoms with Gasteiger partial charge in [0.25, 0.3) is 5.91 Å². The van der Waals surface area contributed by atoms with E-state index < -0.39 is 6.04 Å². The van der Waals surface area contributed by atoms with Crippen molar-refractivity contribution in [2.24, 2.45) is 7.05 Å². The lowest BCUT2D eigenvalue weighted by atomic mass is 9.97. The number of aromatic nitrogens is 1. The second-order valence-corrected chi connectivity index (χ2v) is 8.12. The number of para-hydroxylation sites is 1. The van der Waals surface area contributed by atoms with Crippen molar-refractivity contribution in [3.8, 4) is 0 Å². The van der Waals surface area contributed by atoms with Gasteiger partial charge < -0.3 is 14.4 Å². The summed E-state index contributed by atoms with van der Waals surface area (Å²) in [4.78, 5) is 30.3. The molecular formula is C24H25N3O2. The largest absolute Gasteiger partial charge is 0.350 e. The van der Waals surface area contributed by atoms with E-state index in [9.17, 15) is 9.59 Å². The summed E-state index contributed by atoms with van der Waals surface area (Å²) in [6.07, 6.45) is 4.18. The zero-order valence-electron chi connectivity index (χ0n) is 16.8. The van der Waals surface area contributed by atoms with Gasteiger partial charge in [0.15, 0.2) is 0 Å². The average Bonchev–Trinajstić information content (AvgIpc) is 3.45. The molecular weight excluding hydrogens is 362 g/mol. The molecule has 29 heavy (non-hydrogen) atoms. The number of aryl methyl sites for hydroxylation is 1. The first-order valence-electron chi connectivity index (χ1n) is 10.3. The molecule has 5 heteroatoms. The third kappa shape index (κ3) is 2.68. The highest BCUT2D eigenvalue weighted by molar-refractivity contribution is 6.03. The van der Waals surface area contributed by atoms with Crippen molar-refractivity contribution in [3.05, 3.63) is 71.4 Å². The van der Waals surface area contributed by atoms with Gasteiger partial charge in [0.05, 0.1) is 6.04 Å². The fourth-order valence-electron chi connectivity index (χ4n) is 4.96. The maximum atomic E-state index is 13.4. The summed E-state index contributed by atoms with van der Waals surface area (Å²) in [7, 11) is 2.03. The van der Waals surface area contributed by atoms with Crippen molar-refractivity contribution >= 4 is 22.7 Å². The van der Waals surface area contributed by atoms with Crippen LogP contribution in [0.4, 0.5) is 0 Å². The zero-order valence-corrected chi connectivity index (χ0v) is 16.8. The van der Waals surface area contributed by atoms with E-state index >= 15 is 0 Å². The summed E-state index contributed by atoms with van der Waals surface area (Å²) in [6, 6.07) is 15.2. The lowest BCUT2D eigenvalue weighted by Crippen LogP contribution is -2.47. The van der Waals surface area contributed by atoms with Gasteiger partial charge in [-0.2, -0.15) is 0 Å². The summed E-state index contributed by atoms with van der Waals surface area (Å²) in [5.74, 6) is -0.00697. The summed E-state index contributed by atoms with van der Waals surface area (Å²) >= 11 is 0. The lowest BCUT2D eigenvalue weighted by Gasteiger charge is -2.33. The van der Waals surface area contributed by atoms with E-state index in [0.717, 1.165) is 48.0 Å². The molecule has 1 aromatic heterocycles. The van der Waals surface area contributed by atoms with Crippen molar-refractivity contribution in [3.63, 3.8) is 0 Å². The van der Waals surface area contributed by atoms with E-state index in [0.29, 0.717) is 5.56 Å². The molecule has 1 fully saturated rings. The number of hydrogen-bond donors (Lipinski definition) is 0. The van der Waals surface area contributed by atoms with Gasteiger partial charge >= 0.3 is 0 Å². The Hall–Kier alpha value is -3.08. The van der Waals surface area contributed by atoms with Crippen LogP contribution in [0.25, 0.3) is 10.9 Å². The number of rotatable bonds is 3. The Morgan fingerprint density at radius 3 is 2.48 bits per heavy atom. The standard InChI is InChI=1S/C24H25N3O2/c1-16(23(28)26-13-7-8-14-26)27-22(18-10-3-4-11-19(18)24(27)29)20-15-25(2)21-12-6-5-9-17(20)21/h3-6,9-12,15-16,22H,7-8,13-14H2,1-2H3/t16-,22+/m1/s1. The van der Waals surface area contributed by atoms with Crippen LogP contribution in [0.1, 0.15) is 47.3 Å². The normalized spacial score (nSPS) is 19.8. The van der Waals surface area contributed by atoms with Crippen LogP contribution in [-0.4, -0.2) is 45.3 Å². The van der Waals surface area contributed by atoms with Crippen molar-refractivity contribution in [1.29, 1.82) is 0 Å². The van der Waals surface area contributed by atoms with Gasteiger partial charge in [-0.1, -0.05) is 36.4 Å². The minimum Gasteiger partial charge on any atom is -0.350 e. The molecule has 2 aliphatic rings. The van der Waals surface area contributed by atoms with Crippen molar-refractivity contribution in [2.75, 3.05) is 13.1 Å². The van der Waals surface area contributed by atoms with Crippen LogP contribution >= 0.6 is 0 Å². The Morgan fingerprint density at radius 2 is 1.69 bits per heavy atom. The van der Waals surface area contributed by atoms with Crippen LogP contribution in [-0.2, 0) is 11.8 Å². The Balaban J connectivity index is 1.65. The second-order valence-electron chi connectivity index (χ2n) is 8.12. The summed E-state index contributed by atoms with van der Waals surface area (Å²) in [6.45, 7) is 3.46. The Bertz CT molecular complexity index is 1110. The number of amides is 2. The number of benzene rings is 2. The molecule has 0 spiro atoms. The van der Waals surface area contributed by atoms with Crippen molar-refractivity contribution < 1.29 is 9.59 Å². The smallest absolute Gasteiger partial charge is 0.255 e. The van der Waals surface area contributed by atoms with E-state index in [2.05, 4.69) is 22.9 Å². The van der Waals surface area contributed by atoms with Crippen LogP contribution in [0, 0.1) is 0 Å². The van der Waals surface area contributed by atoms with E-state index in [-0.39, 0.29) is 17.9 Å². The van der Waals surface area contributed by atoms with E-state index in [1.54, 1.807) is 4.90 Å². The molecule has 3 heterocycles. The number of nitrogens with zero attached hydrogens (tertiary/aromatic N) is 3. The Labute approximate surface area is 170 Å². The van der Waals surface area contributed by atoms with Crippen LogP contribution in [0.15, 0.2) is 54.7 Å². The summed E-state index contributed by atoms with van der Waals surface area (Å²) < 4.78 is 2.10. The van der Waals surface area contributed by atoms with E-state index in [4.69, 9.17) is 0 Å². The highest BCUT2D eigenvalue weighted by Crippen LogP contribution is 2.43. The first kappa shape index (κ1) is 18.0.